The van der Waals surface area contributed by atoms with Gasteiger partial charge in [0.25, 0.3) is 0 Å². The molecule has 0 bridgehead atoms. The third-order valence-corrected chi connectivity index (χ3v) is 30.2. The van der Waals surface area contributed by atoms with E-state index in [1.807, 2.05) is 36.4 Å². The van der Waals surface area contributed by atoms with Gasteiger partial charge in [0, 0.05) is 0 Å². The summed E-state index contributed by atoms with van der Waals surface area (Å²) in [5.41, 5.74) is -1.31. The molecule has 2 unspecified atom stereocenters. The molecule has 46 heavy (non-hydrogen) atoms. The molecule has 2 atom stereocenters. The maximum atomic E-state index is 13.6. The quantitative estimate of drug-likeness (QED) is 0.0610. The summed E-state index contributed by atoms with van der Waals surface area (Å²) < 4.78 is 2.44. The van der Waals surface area contributed by atoms with E-state index in [1.54, 1.807) is 0 Å². The Kier molecular flexibility index (Phi) is 23.6. The SMILES string of the molecule is CCCCCCCCCCC[CH]([Hg][c]1ccccc1)C(CC(=O)[O-])(C(=O)[O-])[CH](CCCCCCCCCCC)[Hg][c]1ccccc1. The van der Waals surface area contributed by atoms with E-state index in [4.69, 9.17) is 0 Å². The number of carboxylic acids is 2. The monoisotopic (exact) mass is 1010 g/mol. The van der Waals surface area contributed by atoms with E-state index in [0.717, 1.165) is 38.5 Å². The third-order valence-electron chi connectivity index (χ3n) is 10.2. The van der Waals surface area contributed by atoms with Crippen molar-refractivity contribution >= 4 is 18.1 Å². The molecule has 0 saturated heterocycles. The second-order valence-electron chi connectivity index (χ2n) is 13.9. The van der Waals surface area contributed by atoms with Crippen LogP contribution < -0.4 is 16.4 Å². The Hall–Kier alpha value is -0.750. The maximum absolute atomic E-state index is 13.6. The van der Waals surface area contributed by atoms with Gasteiger partial charge in [-0.25, -0.2) is 0 Å². The normalized spacial score (nSPS) is 13.7. The molecule has 0 heterocycles. The van der Waals surface area contributed by atoms with E-state index in [1.165, 1.54) is 96.0 Å². The van der Waals surface area contributed by atoms with Crippen LogP contribution in [0.5, 0.6) is 0 Å². The van der Waals surface area contributed by atoms with E-state index in [9.17, 15) is 19.8 Å². The van der Waals surface area contributed by atoms with Gasteiger partial charge >= 0.3 is 309 Å². The molecular formula is C40H60Hg2O4-2. The summed E-state index contributed by atoms with van der Waals surface area (Å²) >= 11 is -4.19. The number of hydrogen-bond donors (Lipinski definition) is 0. The molecule has 250 valence electrons. The summed E-state index contributed by atoms with van der Waals surface area (Å²) in [4.78, 5) is 26.1. The molecular weight excluding hydrogens is 946 g/mol. The van der Waals surface area contributed by atoms with Crippen molar-refractivity contribution in [1.29, 1.82) is 0 Å². The van der Waals surface area contributed by atoms with E-state index in [0.29, 0.717) is 0 Å². The van der Waals surface area contributed by atoms with Crippen molar-refractivity contribution in [1.82, 2.24) is 0 Å². The first-order chi connectivity index (χ1) is 22.4. The minimum atomic E-state index is -2.09. The summed E-state index contributed by atoms with van der Waals surface area (Å²) in [5.74, 6) is -2.33. The summed E-state index contributed by atoms with van der Waals surface area (Å²) in [5, 5.41) is 26.1. The van der Waals surface area contributed by atoms with Gasteiger partial charge in [-0.15, -0.1) is 0 Å². The molecule has 0 aliphatic heterocycles. The van der Waals surface area contributed by atoms with Crippen molar-refractivity contribution < 1.29 is 69.0 Å². The molecule has 0 aliphatic carbocycles. The van der Waals surface area contributed by atoms with E-state index in [-0.39, 0.29) is 13.3 Å². The number of carboxylic acid groups (broad SMARTS) is 2. The van der Waals surface area contributed by atoms with Crippen molar-refractivity contribution in [2.45, 2.75) is 156 Å². The van der Waals surface area contributed by atoms with Crippen molar-refractivity contribution in [2.24, 2.45) is 5.41 Å². The van der Waals surface area contributed by atoms with Crippen LogP contribution in [-0.2, 0) is 58.7 Å². The summed E-state index contributed by atoms with van der Waals surface area (Å²) in [6.07, 6.45) is 23.1. The van der Waals surface area contributed by atoms with Crippen molar-refractivity contribution in [2.75, 3.05) is 0 Å². The molecule has 0 radical (unpaired) electrons. The molecule has 6 heteroatoms. The minimum absolute atomic E-state index is 0.0744. The average Bonchev–Trinajstić information content (AvgIpc) is 3.05. The van der Waals surface area contributed by atoms with Gasteiger partial charge in [-0.2, -0.15) is 0 Å². The molecule has 0 N–H and O–H groups in total. The molecule has 0 fully saturated rings. The third kappa shape index (κ3) is 16.6. The van der Waals surface area contributed by atoms with Crippen LogP contribution in [0.15, 0.2) is 60.7 Å². The van der Waals surface area contributed by atoms with Crippen molar-refractivity contribution in [3.63, 3.8) is 0 Å². The van der Waals surface area contributed by atoms with Crippen LogP contribution in [0.4, 0.5) is 0 Å². The van der Waals surface area contributed by atoms with Gasteiger partial charge in [0.15, 0.2) is 0 Å². The van der Waals surface area contributed by atoms with E-state index < -0.39 is 66.5 Å². The molecule has 0 saturated carbocycles. The number of hydrogen-bond acceptors (Lipinski definition) is 4. The van der Waals surface area contributed by atoms with Gasteiger partial charge in [0.1, 0.15) is 0 Å². The molecule has 2 aromatic carbocycles. The second-order valence-corrected chi connectivity index (χ2v) is 31.1. The van der Waals surface area contributed by atoms with Gasteiger partial charge in [-0.3, -0.25) is 0 Å². The second kappa shape index (κ2) is 26.2. The number of carbonyl (C=O) groups is 2. The molecule has 4 nitrogen and oxygen atoms in total. The fraction of sp³-hybridized carbons (Fsp3) is 0.650. The first-order valence-corrected chi connectivity index (χ1v) is 30.8. The Morgan fingerprint density at radius 3 is 1.17 bits per heavy atom. The molecule has 0 aromatic heterocycles. The van der Waals surface area contributed by atoms with Crippen LogP contribution in [0.25, 0.3) is 0 Å². The number of benzene rings is 2. The van der Waals surface area contributed by atoms with Crippen LogP contribution in [0, 0.1) is 5.41 Å². The van der Waals surface area contributed by atoms with Crippen LogP contribution in [0.3, 0.4) is 0 Å². The molecule has 2 aromatic rings. The van der Waals surface area contributed by atoms with Gasteiger partial charge in [0.05, 0.1) is 0 Å². The fourth-order valence-corrected chi connectivity index (χ4v) is 32.9. The van der Waals surface area contributed by atoms with E-state index in [2.05, 4.69) is 38.1 Å². The Bertz CT molecular complexity index is 978. The Morgan fingerprint density at radius 2 is 0.870 bits per heavy atom. The van der Waals surface area contributed by atoms with Gasteiger partial charge < -0.3 is 0 Å². The summed E-state index contributed by atoms with van der Waals surface area (Å²) in [7, 11) is 0. The predicted molar refractivity (Wildman–Crippen MR) is 180 cm³/mol. The van der Waals surface area contributed by atoms with Crippen LogP contribution >= 0.6 is 0 Å². The first kappa shape index (κ1) is 41.4. The summed E-state index contributed by atoms with van der Waals surface area (Å²) in [6, 6.07) is 20.8. The average molecular weight is 1010 g/mol. The summed E-state index contributed by atoms with van der Waals surface area (Å²) in [6.45, 7) is 4.49. The topological polar surface area (TPSA) is 80.3 Å². The molecule has 2 rings (SSSR count). The van der Waals surface area contributed by atoms with Crippen LogP contribution in [-0.4, -0.2) is 11.9 Å². The van der Waals surface area contributed by atoms with E-state index >= 15 is 0 Å². The van der Waals surface area contributed by atoms with Crippen LogP contribution in [0.2, 0.25) is 6.85 Å². The molecule has 0 spiro atoms. The first-order valence-electron chi connectivity index (χ1n) is 18.9. The Morgan fingerprint density at radius 1 is 0.543 bits per heavy atom. The van der Waals surface area contributed by atoms with Crippen molar-refractivity contribution in [3.8, 4) is 0 Å². The predicted octanol–water partition coefficient (Wildman–Crippen LogP) is 8.10. The Balaban J connectivity index is 2.29. The van der Waals surface area contributed by atoms with Crippen LogP contribution in [0.1, 0.15) is 149 Å². The molecule has 0 aliphatic rings. The molecule has 0 amide bonds. The van der Waals surface area contributed by atoms with Gasteiger partial charge in [0.2, 0.25) is 0 Å². The number of unbranched alkanes of at least 4 members (excludes halogenated alkanes) is 16. The number of rotatable bonds is 29. The standard InChI is InChI=1S/C28H52O4.2C6H5.2Hg/c1-3-5-7-9-11-13-15-17-19-21-23-28(27(31)32,25-26(29)30)24-22-20-18-16-14-12-10-8-6-4-2;2*1-2-4-6-5-3-1;;/h23-24H,3-22,25H2,1-2H3,(H,29,30)(H,31,32);2*1-5H;;/p-2. The number of carbonyl (C=O) groups excluding carboxylic acids is 2. The number of aliphatic carboxylic acids is 2. The van der Waals surface area contributed by atoms with Gasteiger partial charge in [-0.1, -0.05) is 0 Å². The van der Waals surface area contributed by atoms with Gasteiger partial charge in [-0.05, 0) is 0 Å². The fourth-order valence-electron chi connectivity index (χ4n) is 7.55. The zero-order valence-corrected chi connectivity index (χ0v) is 40.3. The Labute approximate surface area is 306 Å². The zero-order valence-electron chi connectivity index (χ0n) is 29.3. The zero-order chi connectivity index (χ0) is 33.3. The van der Waals surface area contributed by atoms with Crippen molar-refractivity contribution in [3.05, 3.63) is 60.7 Å².